The lowest BCUT2D eigenvalue weighted by Crippen LogP contribution is -2.39. The summed E-state index contributed by atoms with van der Waals surface area (Å²) in [6, 6.07) is 4.13. The predicted molar refractivity (Wildman–Crippen MR) is 96.6 cm³/mol. The zero-order valence-electron chi connectivity index (χ0n) is 14.3. The van der Waals surface area contributed by atoms with E-state index in [1.165, 1.54) is 28.1 Å². The van der Waals surface area contributed by atoms with E-state index >= 15 is 0 Å². The van der Waals surface area contributed by atoms with Crippen molar-refractivity contribution >= 4 is 21.6 Å². The molecule has 124 valence electrons. The van der Waals surface area contributed by atoms with Crippen LogP contribution in [0.3, 0.4) is 0 Å². The van der Waals surface area contributed by atoms with Crippen LogP contribution in [0.2, 0.25) is 0 Å². The molecule has 0 aliphatic heterocycles. The summed E-state index contributed by atoms with van der Waals surface area (Å²) in [7, 11) is 0. The summed E-state index contributed by atoms with van der Waals surface area (Å²) in [5, 5.41) is 0.830. The topological polar surface area (TPSA) is 49.6 Å². The van der Waals surface area contributed by atoms with Crippen LogP contribution in [0, 0.1) is 19.8 Å². The molecular formula is C19H22N3OS+. The number of fused-ring (bicyclic) bond motifs is 3. The summed E-state index contributed by atoms with van der Waals surface area (Å²) in [5.41, 5.74) is 3.70. The van der Waals surface area contributed by atoms with E-state index in [2.05, 4.69) is 36.4 Å². The van der Waals surface area contributed by atoms with Gasteiger partial charge in [0, 0.05) is 23.4 Å². The highest BCUT2D eigenvalue weighted by atomic mass is 32.1. The van der Waals surface area contributed by atoms with Crippen molar-refractivity contribution in [2.75, 3.05) is 0 Å². The van der Waals surface area contributed by atoms with E-state index in [-0.39, 0.29) is 5.56 Å². The molecule has 3 aromatic rings. The van der Waals surface area contributed by atoms with Gasteiger partial charge in [-0.15, -0.1) is 11.3 Å². The number of thiophene rings is 1. The molecular weight excluding hydrogens is 318 g/mol. The molecule has 4 rings (SSSR count). The van der Waals surface area contributed by atoms with Crippen LogP contribution >= 0.6 is 11.3 Å². The van der Waals surface area contributed by atoms with Crippen molar-refractivity contribution in [3.63, 3.8) is 0 Å². The summed E-state index contributed by atoms with van der Waals surface area (Å²) in [6.45, 7) is 7.07. The van der Waals surface area contributed by atoms with Gasteiger partial charge in [-0.2, -0.15) is 4.57 Å². The molecule has 0 amide bonds. The second-order valence-electron chi connectivity index (χ2n) is 6.95. The number of pyridine rings is 1. The number of H-pyrrole nitrogens is 1. The monoisotopic (exact) mass is 340 g/mol. The molecule has 5 heteroatoms. The Kier molecular flexibility index (Phi) is 3.76. The van der Waals surface area contributed by atoms with E-state index in [9.17, 15) is 4.79 Å². The van der Waals surface area contributed by atoms with Crippen molar-refractivity contribution in [3.05, 3.63) is 56.2 Å². The standard InChI is InChI=1S/C19H21N3OS/c1-11-6-7-14-15(9-11)24-19-17(14)18(23)20-16(21-19)10-22-8-4-5-12(2)13(22)3/h4-5,8,11H,6-7,9-10H2,1-3H3/p+1/t11-/m0/s1. The van der Waals surface area contributed by atoms with Gasteiger partial charge in [-0.25, -0.2) is 4.98 Å². The second kappa shape index (κ2) is 5.81. The molecule has 3 aromatic heterocycles. The number of nitrogens with zero attached hydrogens (tertiary/aromatic N) is 2. The fourth-order valence-electron chi connectivity index (χ4n) is 3.55. The number of aryl methyl sites for hydroxylation is 2. The van der Waals surface area contributed by atoms with Crippen molar-refractivity contribution < 1.29 is 4.57 Å². The van der Waals surface area contributed by atoms with Crippen LogP contribution in [-0.4, -0.2) is 9.97 Å². The molecule has 4 nitrogen and oxygen atoms in total. The molecule has 0 unspecified atom stereocenters. The summed E-state index contributed by atoms with van der Waals surface area (Å²) >= 11 is 1.71. The average Bonchev–Trinajstić information content (AvgIpc) is 2.89. The third-order valence-corrected chi connectivity index (χ3v) is 6.30. The third kappa shape index (κ3) is 2.57. The molecule has 1 aliphatic carbocycles. The first-order valence-corrected chi connectivity index (χ1v) is 9.33. The Morgan fingerprint density at radius 3 is 3.08 bits per heavy atom. The van der Waals surface area contributed by atoms with Gasteiger partial charge in [0.25, 0.3) is 5.56 Å². The quantitative estimate of drug-likeness (QED) is 0.729. The first-order valence-electron chi connectivity index (χ1n) is 8.52. The van der Waals surface area contributed by atoms with Gasteiger partial charge in [-0.05, 0) is 43.7 Å². The summed E-state index contributed by atoms with van der Waals surface area (Å²) in [6.07, 6.45) is 5.29. The van der Waals surface area contributed by atoms with Gasteiger partial charge in [-0.1, -0.05) is 6.92 Å². The number of aromatic nitrogens is 3. The number of nitrogens with one attached hydrogen (secondary N) is 1. The minimum absolute atomic E-state index is 0.0213. The van der Waals surface area contributed by atoms with Crippen LogP contribution in [-0.2, 0) is 19.4 Å². The first kappa shape index (κ1) is 15.5. The maximum atomic E-state index is 12.7. The Morgan fingerprint density at radius 2 is 2.25 bits per heavy atom. The SMILES string of the molecule is Cc1ccc[n+](Cc2nc3sc4c(c3c(=O)[nH]2)CC[C@H](C)C4)c1C. The summed E-state index contributed by atoms with van der Waals surface area (Å²) in [4.78, 5) is 22.7. The number of rotatable bonds is 2. The molecule has 0 saturated heterocycles. The molecule has 3 heterocycles. The van der Waals surface area contributed by atoms with Crippen molar-refractivity contribution in [2.24, 2.45) is 5.92 Å². The van der Waals surface area contributed by atoms with Gasteiger partial charge in [-0.3, -0.25) is 4.79 Å². The molecule has 1 N–H and O–H groups in total. The minimum atomic E-state index is 0.0213. The van der Waals surface area contributed by atoms with E-state index in [1.807, 2.05) is 12.3 Å². The van der Waals surface area contributed by atoms with Crippen molar-refractivity contribution in [2.45, 2.75) is 46.6 Å². The van der Waals surface area contributed by atoms with E-state index in [0.29, 0.717) is 12.5 Å². The van der Waals surface area contributed by atoms with Gasteiger partial charge in [0.15, 0.2) is 17.7 Å². The number of hydrogen-bond acceptors (Lipinski definition) is 3. The van der Waals surface area contributed by atoms with Gasteiger partial charge in [0.2, 0.25) is 6.54 Å². The van der Waals surface area contributed by atoms with Crippen LogP contribution in [0.25, 0.3) is 10.2 Å². The number of aromatic amines is 1. The summed E-state index contributed by atoms with van der Waals surface area (Å²) < 4.78 is 2.13. The van der Waals surface area contributed by atoms with Crippen LogP contribution in [0.4, 0.5) is 0 Å². The lowest BCUT2D eigenvalue weighted by Gasteiger charge is -2.17. The third-order valence-electron chi connectivity index (χ3n) is 5.15. The van der Waals surface area contributed by atoms with Gasteiger partial charge in [0.1, 0.15) is 4.83 Å². The predicted octanol–water partition coefficient (Wildman–Crippen LogP) is 3.06. The zero-order chi connectivity index (χ0) is 16.8. The van der Waals surface area contributed by atoms with Crippen molar-refractivity contribution in [3.8, 4) is 0 Å². The number of hydrogen-bond donors (Lipinski definition) is 1. The molecule has 0 saturated carbocycles. The molecule has 0 aromatic carbocycles. The fourth-order valence-corrected chi connectivity index (χ4v) is 4.95. The van der Waals surface area contributed by atoms with Gasteiger partial charge >= 0.3 is 0 Å². The Morgan fingerprint density at radius 1 is 1.42 bits per heavy atom. The highest BCUT2D eigenvalue weighted by molar-refractivity contribution is 7.18. The van der Waals surface area contributed by atoms with Crippen LogP contribution < -0.4 is 10.1 Å². The Hall–Kier alpha value is -2.01. The van der Waals surface area contributed by atoms with Crippen molar-refractivity contribution in [1.29, 1.82) is 0 Å². The highest BCUT2D eigenvalue weighted by Gasteiger charge is 2.23. The molecule has 0 fully saturated rings. The Bertz CT molecular complexity index is 986. The molecule has 1 aliphatic rings. The van der Waals surface area contributed by atoms with Crippen molar-refractivity contribution in [1.82, 2.24) is 9.97 Å². The lowest BCUT2D eigenvalue weighted by molar-refractivity contribution is -0.695. The normalized spacial score (nSPS) is 17.2. The molecule has 24 heavy (non-hydrogen) atoms. The van der Waals surface area contributed by atoms with Crippen LogP contribution in [0.15, 0.2) is 23.1 Å². The average molecular weight is 340 g/mol. The second-order valence-corrected chi connectivity index (χ2v) is 8.03. The maximum absolute atomic E-state index is 12.7. The maximum Gasteiger partial charge on any atom is 0.260 e. The first-order chi connectivity index (χ1) is 11.5. The highest BCUT2D eigenvalue weighted by Crippen LogP contribution is 2.35. The van der Waals surface area contributed by atoms with Gasteiger partial charge in [0.05, 0.1) is 5.39 Å². The lowest BCUT2D eigenvalue weighted by atomic mass is 9.89. The van der Waals surface area contributed by atoms with Crippen LogP contribution in [0.1, 0.15) is 40.9 Å². The molecule has 1 atom stereocenters. The fraction of sp³-hybridized carbons (Fsp3) is 0.421. The van der Waals surface area contributed by atoms with E-state index in [0.717, 1.165) is 28.9 Å². The molecule has 0 spiro atoms. The van der Waals surface area contributed by atoms with Crippen LogP contribution in [0.5, 0.6) is 0 Å². The summed E-state index contributed by atoms with van der Waals surface area (Å²) in [5.74, 6) is 1.44. The smallest absolute Gasteiger partial charge is 0.260 e. The molecule has 0 bridgehead atoms. The Labute approximate surface area is 145 Å². The van der Waals surface area contributed by atoms with E-state index in [4.69, 9.17) is 4.98 Å². The zero-order valence-corrected chi connectivity index (χ0v) is 15.2. The minimum Gasteiger partial charge on any atom is -0.305 e. The van der Waals surface area contributed by atoms with E-state index in [1.54, 1.807) is 11.3 Å². The largest absolute Gasteiger partial charge is 0.305 e. The van der Waals surface area contributed by atoms with E-state index < -0.39 is 0 Å². The Balaban J connectivity index is 1.78. The molecule has 0 radical (unpaired) electrons. The van der Waals surface area contributed by atoms with Gasteiger partial charge < -0.3 is 4.98 Å².